The number of methoxy groups -OCH3 is 1. The summed E-state index contributed by atoms with van der Waals surface area (Å²) < 4.78 is 10.7. The third-order valence-corrected chi connectivity index (χ3v) is 4.75. The molecule has 160 valence electrons. The standard InChI is InChI=1S/C23H30N4O3/c1-3-24-23(25-16-18-8-7-11-21(14-18)30-13-12-29-2)26-19-15-22(28)27(17-19)20-9-5-4-6-10-20/h4-11,14,19H,3,12-13,15-17H2,1-2H3,(H2,24,25,26). The van der Waals surface area contributed by atoms with Crippen LogP contribution >= 0.6 is 0 Å². The van der Waals surface area contributed by atoms with Gasteiger partial charge in [0.1, 0.15) is 12.4 Å². The first-order valence-corrected chi connectivity index (χ1v) is 10.3. The lowest BCUT2D eigenvalue weighted by molar-refractivity contribution is -0.117. The van der Waals surface area contributed by atoms with Gasteiger partial charge in [0.2, 0.25) is 5.91 Å². The quantitative estimate of drug-likeness (QED) is 0.378. The van der Waals surface area contributed by atoms with Gasteiger partial charge in [-0.05, 0) is 36.8 Å². The number of ether oxygens (including phenoxy) is 2. The number of benzene rings is 2. The van der Waals surface area contributed by atoms with Crippen molar-refractivity contribution in [3.63, 3.8) is 0 Å². The first kappa shape index (κ1) is 21.6. The SMILES string of the molecule is CCNC(=NCc1cccc(OCCOC)c1)NC1CC(=O)N(c2ccccc2)C1. The zero-order valence-electron chi connectivity index (χ0n) is 17.6. The molecule has 0 bridgehead atoms. The van der Waals surface area contributed by atoms with E-state index in [0.29, 0.717) is 38.7 Å². The molecule has 1 aliphatic heterocycles. The van der Waals surface area contributed by atoms with Crippen LogP contribution in [0.25, 0.3) is 0 Å². The number of carbonyl (C=O) groups is 1. The number of para-hydroxylation sites is 1. The first-order valence-electron chi connectivity index (χ1n) is 10.3. The van der Waals surface area contributed by atoms with Gasteiger partial charge in [-0.2, -0.15) is 0 Å². The summed E-state index contributed by atoms with van der Waals surface area (Å²) >= 11 is 0. The minimum absolute atomic E-state index is 0.0132. The fourth-order valence-electron chi connectivity index (χ4n) is 3.32. The Hall–Kier alpha value is -3.06. The Labute approximate surface area is 178 Å². The van der Waals surface area contributed by atoms with Crippen LogP contribution < -0.4 is 20.3 Å². The number of aliphatic imine (C=N–C) groups is 1. The topological polar surface area (TPSA) is 75.2 Å². The molecular weight excluding hydrogens is 380 g/mol. The van der Waals surface area contributed by atoms with Crippen molar-refractivity contribution in [3.8, 4) is 5.75 Å². The van der Waals surface area contributed by atoms with Crippen molar-refractivity contribution in [3.05, 3.63) is 60.2 Å². The monoisotopic (exact) mass is 410 g/mol. The number of guanidine groups is 1. The van der Waals surface area contributed by atoms with E-state index in [9.17, 15) is 4.79 Å². The van der Waals surface area contributed by atoms with Gasteiger partial charge in [0, 0.05) is 32.3 Å². The summed E-state index contributed by atoms with van der Waals surface area (Å²) in [4.78, 5) is 19.0. The van der Waals surface area contributed by atoms with Crippen LogP contribution in [0.5, 0.6) is 5.75 Å². The molecule has 1 heterocycles. The summed E-state index contributed by atoms with van der Waals surface area (Å²) in [5.41, 5.74) is 1.98. The van der Waals surface area contributed by atoms with E-state index in [-0.39, 0.29) is 11.9 Å². The van der Waals surface area contributed by atoms with E-state index in [1.165, 1.54) is 0 Å². The highest BCUT2D eigenvalue weighted by atomic mass is 16.5. The molecule has 7 nitrogen and oxygen atoms in total. The van der Waals surface area contributed by atoms with Gasteiger partial charge in [-0.15, -0.1) is 0 Å². The molecule has 3 rings (SSSR count). The Balaban J connectivity index is 1.60. The van der Waals surface area contributed by atoms with E-state index in [0.717, 1.165) is 23.5 Å². The van der Waals surface area contributed by atoms with E-state index >= 15 is 0 Å². The summed E-state index contributed by atoms with van der Waals surface area (Å²) in [7, 11) is 1.65. The van der Waals surface area contributed by atoms with Crippen LogP contribution in [0.1, 0.15) is 18.9 Å². The van der Waals surface area contributed by atoms with Gasteiger partial charge in [-0.1, -0.05) is 30.3 Å². The van der Waals surface area contributed by atoms with Crippen molar-refractivity contribution in [2.24, 2.45) is 4.99 Å². The highest BCUT2D eigenvalue weighted by Crippen LogP contribution is 2.21. The van der Waals surface area contributed by atoms with Gasteiger partial charge >= 0.3 is 0 Å². The molecule has 1 saturated heterocycles. The van der Waals surface area contributed by atoms with Crippen molar-refractivity contribution >= 4 is 17.6 Å². The molecular formula is C23H30N4O3. The number of hydrogen-bond acceptors (Lipinski definition) is 4. The Bertz CT molecular complexity index is 841. The number of carbonyl (C=O) groups excluding carboxylic acids is 1. The number of amides is 1. The minimum Gasteiger partial charge on any atom is -0.491 e. The summed E-state index contributed by atoms with van der Waals surface area (Å²) in [5.74, 6) is 1.63. The first-order chi connectivity index (χ1) is 14.7. The second-order valence-electron chi connectivity index (χ2n) is 7.07. The molecule has 1 atom stereocenters. The molecule has 30 heavy (non-hydrogen) atoms. The van der Waals surface area contributed by atoms with Gasteiger partial charge in [-0.3, -0.25) is 4.79 Å². The second-order valence-corrected chi connectivity index (χ2v) is 7.07. The fourth-order valence-corrected chi connectivity index (χ4v) is 3.32. The van der Waals surface area contributed by atoms with Crippen molar-refractivity contribution in [1.29, 1.82) is 0 Å². The molecule has 0 aliphatic carbocycles. The third kappa shape index (κ3) is 6.22. The van der Waals surface area contributed by atoms with E-state index < -0.39 is 0 Å². The van der Waals surface area contributed by atoms with Gasteiger partial charge in [0.05, 0.1) is 19.2 Å². The zero-order chi connectivity index (χ0) is 21.2. The fraction of sp³-hybridized carbons (Fsp3) is 0.391. The lowest BCUT2D eigenvalue weighted by Crippen LogP contribution is -2.44. The maximum Gasteiger partial charge on any atom is 0.229 e. The van der Waals surface area contributed by atoms with Crippen LogP contribution in [-0.2, 0) is 16.1 Å². The Kier molecular flexibility index (Phi) is 8.09. The van der Waals surface area contributed by atoms with Gasteiger partial charge in [-0.25, -0.2) is 4.99 Å². The molecule has 1 amide bonds. The molecule has 1 aliphatic rings. The predicted molar refractivity (Wildman–Crippen MR) is 119 cm³/mol. The zero-order valence-corrected chi connectivity index (χ0v) is 17.6. The predicted octanol–water partition coefficient (Wildman–Crippen LogP) is 2.57. The lowest BCUT2D eigenvalue weighted by Gasteiger charge is -2.19. The molecule has 1 unspecified atom stereocenters. The normalized spacial score (nSPS) is 16.6. The van der Waals surface area contributed by atoms with Crippen LogP contribution in [0.15, 0.2) is 59.6 Å². The molecule has 2 N–H and O–H groups in total. The molecule has 0 spiro atoms. The average molecular weight is 411 g/mol. The smallest absolute Gasteiger partial charge is 0.229 e. The molecule has 0 radical (unpaired) electrons. The van der Waals surface area contributed by atoms with Crippen molar-refractivity contribution in [2.75, 3.05) is 38.3 Å². The molecule has 7 heteroatoms. The summed E-state index contributed by atoms with van der Waals surface area (Å²) in [6.07, 6.45) is 0.447. The molecule has 0 aromatic heterocycles. The summed E-state index contributed by atoms with van der Waals surface area (Å²) in [6, 6.07) is 17.7. The average Bonchev–Trinajstić information content (AvgIpc) is 3.13. The molecule has 2 aromatic carbocycles. The highest BCUT2D eigenvalue weighted by Gasteiger charge is 2.31. The van der Waals surface area contributed by atoms with Gasteiger partial charge in [0.25, 0.3) is 0 Å². The van der Waals surface area contributed by atoms with E-state index in [1.807, 2.05) is 66.4 Å². The number of hydrogen-bond donors (Lipinski definition) is 2. The Morgan fingerprint density at radius 3 is 2.77 bits per heavy atom. The van der Waals surface area contributed by atoms with Crippen molar-refractivity contribution in [1.82, 2.24) is 10.6 Å². The molecule has 0 saturated carbocycles. The van der Waals surface area contributed by atoms with E-state index in [4.69, 9.17) is 14.5 Å². The molecule has 2 aromatic rings. The Morgan fingerprint density at radius 1 is 1.17 bits per heavy atom. The minimum atomic E-state index is 0.0132. The number of nitrogens with one attached hydrogen (secondary N) is 2. The number of anilines is 1. The lowest BCUT2D eigenvalue weighted by atomic mass is 10.2. The Morgan fingerprint density at radius 2 is 2.00 bits per heavy atom. The van der Waals surface area contributed by atoms with Gasteiger partial charge < -0.3 is 25.0 Å². The molecule has 1 fully saturated rings. The highest BCUT2D eigenvalue weighted by molar-refractivity contribution is 5.97. The van der Waals surface area contributed by atoms with E-state index in [2.05, 4.69) is 10.6 Å². The van der Waals surface area contributed by atoms with Crippen LogP contribution in [0, 0.1) is 0 Å². The van der Waals surface area contributed by atoms with Crippen LogP contribution in [0.4, 0.5) is 5.69 Å². The second kappa shape index (κ2) is 11.2. The van der Waals surface area contributed by atoms with Crippen LogP contribution in [0.2, 0.25) is 0 Å². The largest absolute Gasteiger partial charge is 0.491 e. The van der Waals surface area contributed by atoms with Crippen LogP contribution in [-0.4, -0.2) is 51.3 Å². The summed E-state index contributed by atoms with van der Waals surface area (Å²) in [6.45, 7) is 4.97. The van der Waals surface area contributed by atoms with Gasteiger partial charge in [0.15, 0.2) is 5.96 Å². The van der Waals surface area contributed by atoms with E-state index in [1.54, 1.807) is 7.11 Å². The number of rotatable bonds is 9. The maximum atomic E-state index is 12.5. The van der Waals surface area contributed by atoms with Crippen molar-refractivity contribution in [2.45, 2.75) is 25.9 Å². The third-order valence-electron chi connectivity index (χ3n) is 4.75. The number of nitrogens with zero attached hydrogens (tertiary/aromatic N) is 2. The van der Waals surface area contributed by atoms with Crippen molar-refractivity contribution < 1.29 is 14.3 Å². The maximum absolute atomic E-state index is 12.5. The summed E-state index contributed by atoms with van der Waals surface area (Å²) in [5, 5.41) is 6.67. The van der Waals surface area contributed by atoms with Crippen LogP contribution in [0.3, 0.4) is 0 Å².